The number of carbonyl (C=O) groups is 2. The van der Waals surface area contributed by atoms with Gasteiger partial charge in [0.2, 0.25) is 5.91 Å². The number of rotatable bonds is 4. The second-order valence-electron chi connectivity index (χ2n) is 6.41. The van der Waals surface area contributed by atoms with E-state index < -0.39 is 11.9 Å². The zero-order valence-corrected chi connectivity index (χ0v) is 14.6. The van der Waals surface area contributed by atoms with Crippen molar-refractivity contribution in [2.45, 2.75) is 18.6 Å². The van der Waals surface area contributed by atoms with Gasteiger partial charge >= 0.3 is 0 Å². The first-order valence-corrected chi connectivity index (χ1v) is 8.12. The van der Waals surface area contributed by atoms with Crippen molar-refractivity contribution >= 4 is 28.4 Å². The molecule has 1 aliphatic rings. The highest BCUT2D eigenvalue weighted by molar-refractivity contribution is 6.01. The molecule has 132 valence electrons. The first-order chi connectivity index (χ1) is 11.9. The number of hydrogen-bond donors (Lipinski definition) is 1. The fourth-order valence-electron chi connectivity index (χ4n) is 3.25. The van der Waals surface area contributed by atoms with Gasteiger partial charge in [-0.2, -0.15) is 0 Å². The van der Waals surface area contributed by atoms with Crippen LogP contribution in [0, 0.1) is 0 Å². The summed E-state index contributed by atoms with van der Waals surface area (Å²) in [5.74, 6) is -0.835. The number of nitrogens with zero attached hydrogens (tertiary/aromatic N) is 3. The van der Waals surface area contributed by atoms with Crippen LogP contribution in [0.4, 0.5) is 5.69 Å². The summed E-state index contributed by atoms with van der Waals surface area (Å²) in [6.45, 7) is 0.328. The number of benzene rings is 1. The zero-order valence-electron chi connectivity index (χ0n) is 14.6. The van der Waals surface area contributed by atoms with Crippen LogP contribution in [0.1, 0.15) is 16.9 Å². The molecule has 0 bridgehead atoms. The molecule has 2 aromatic rings. The second-order valence-corrected chi connectivity index (χ2v) is 6.41. The summed E-state index contributed by atoms with van der Waals surface area (Å²) in [5, 5.41) is 0.965. The van der Waals surface area contributed by atoms with Crippen molar-refractivity contribution in [2.75, 3.05) is 32.6 Å². The van der Waals surface area contributed by atoms with Gasteiger partial charge in [0.25, 0.3) is 5.91 Å². The molecule has 0 aliphatic carbocycles. The van der Waals surface area contributed by atoms with Gasteiger partial charge in [-0.15, -0.1) is 0 Å². The molecule has 0 radical (unpaired) electrons. The van der Waals surface area contributed by atoms with Gasteiger partial charge in [-0.3, -0.25) is 9.59 Å². The lowest BCUT2D eigenvalue weighted by atomic mass is 10.1. The number of likely N-dealkylation sites (tertiary alicyclic amines) is 1. The number of nitrogens with two attached hydrogens (primary N) is 1. The number of fused-ring (bicyclic) bond motifs is 1. The molecule has 1 aliphatic heterocycles. The van der Waals surface area contributed by atoms with Crippen LogP contribution in [-0.2, 0) is 9.53 Å². The van der Waals surface area contributed by atoms with Gasteiger partial charge in [0.05, 0.1) is 11.6 Å². The lowest BCUT2D eigenvalue weighted by molar-refractivity contribution is -0.121. The van der Waals surface area contributed by atoms with Crippen LogP contribution < -0.4 is 10.6 Å². The van der Waals surface area contributed by atoms with Crippen LogP contribution >= 0.6 is 0 Å². The number of primary amides is 1. The predicted octanol–water partition coefficient (Wildman–Crippen LogP) is 1.02. The van der Waals surface area contributed by atoms with E-state index in [1.807, 2.05) is 43.3 Å². The molecule has 1 saturated heterocycles. The molecule has 2 atom stereocenters. The Morgan fingerprint density at radius 3 is 2.68 bits per heavy atom. The third-order valence-electron chi connectivity index (χ3n) is 4.58. The number of carbonyl (C=O) groups excluding carboxylic acids is 2. The highest BCUT2D eigenvalue weighted by Crippen LogP contribution is 2.28. The number of pyridine rings is 1. The van der Waals surface area contributed by atoms with Gasteiger partial charge < -0.3 is 20.3 Å². The summed E-state index contributed by atoms with van der Waals surface area (Å²) in [6, 6.07) is 8.73. The van der Waals surface area contributed by atoms with Crippen LogP contribution in [0.15, 0.2) is 30.3 Å². The lowest BCUT2D eigenvalue weighted by Gasteiger charge is -2.23. The SMILES string of the molecule is CO[C@H]1C[C@@H](C(N)=O)N(C(=O)c2cc(N(C)C)c3ccccc3n2)C1. The summed E-state index contributed by atoms with van der Waals surface area (Å²) in [6.07, 6.45) is 0.210. The Hall–Kier alpha value is -2.67. The molecule has 1 aromatic heterocycles. The monoisotopic (exact) mass is 342 g/mol. The van der Waals surface area contributed by atoms with Crippen molar-refractivity contribution in [3.63, 3.8) is 0 Å². The first-order valence-electron chi connectivity index (χ1n) is 8.12. The largest absolute Gasteiger partial charge is 0.380 e. The Morgan fingerprint density at radius 1 is 1.32 bits per heavy atom. The van der Waals surface area contributed by atoms with E-state index in [0.29, 0.717) is 18.7 Å². The summed E-state index contributed by atoms with van der Waals surface area (Å²) in [4.78, 5) is 32.7. The number of para-hydroxylation sites is 1. The fraction of sp³-hybridized carbons (Fsp3) is 0.389. The molecular weight excluding hydrogens is 320 g/mol. The quantitative estimate of drug-likeness (QED) is 0.896. The Balaban J connectivity index is 2.03. The van der Waals surface area contributed by atoms with Crippen LogP contribution in [0.3, 0.4) is 0 Å². The van der Waals surface area contributed by atoms with Crippen molar-refractivity contribution in [3.8, 4) is 0 Å². The highest BCUT2D eigenvalue weighted by atomic mass is 16.5. The van der Waals surface area contributed by atoms with Crippen molar-refractivity contribution < 1.29 is 14.3 Å². The van der Waals surface area contributed by atoms with E-state index in [0.717, 1.165) is 16.6 Å². The van der Waals surface area contributed by atoms with Gasteiger partial charge in [0, 0.05) is 45.2 Å². The molecule has 0 unspecified atom stereocenters. The van der Waals surface area contributed by atoms with Gasteiger partial charge in [-0.25, -0.2) is 4.98 Å². The van der Waals surface area contributed by atoms with E-state index in [4.69, 9.17) is 10.5 Å². The summed E-state index contributed by atoms with van der Waals surface area (Å²) in [7, 11) is 5.40. The molecule has 25 heavy (non-hydrogen) atoms. The number of anilines is 1. The minimum absolute atomic E-state index is 0.199. The maximum Gasteiger partial charge on any atom is 0.273 e. The van der Waals surface area contributed by atoms with Crippen LogP contribution in [0.25, 0.3) is 10.9 Å². The Labute approximate surface area is 146 Å². The molecule has 1 aromatic carbocycles. The zero-order chi connectivity index (χ0) is 18.1. The molecule has 1 fully saturated rings. The van der Waals surface area contributed by atoms with Gasteiger partial charge in [0.15, 0.2) is 0 Å². The number of hydrogen-bond acceptors (Lipinski definition) is 5. The second kappa shape index (κ2) is 6.68. The van der Waals surface area contributed by atoms with E-state index in [-0.39, 0.29) is 12.0 Å². The van der Waals surface area contributed by atoms with E-state index in [9.17, 15) is 9.59 Å². The van der Waals surface area contributed by atoms with Gasteiger partial charge in [-0.1, -0.05) is 18.2 Å². The Morgan fingerprint density at radius 2 is 2.04 bits per heavy atom. The molecular formula is C18H22N4O3. The van der Waals surface area contributed by atoms with E-state index in [1.165, 1.54) is 4.90 Å². The molecule has 0 spiro atoms. The molecule has 7 nitrogen and oxygen atoms in total. The number of amides is 2. The van der Waals surface area contributed by atoms with Crippen molar-refractivity contribution in [2.24, 2.45) is 5.73 Å². The average molecular weight is 342 g/mol. The maximum absolute atomic E-state index is 13.0. The molecule has 2 N–H and O–H groups in total. The van der Waals surface area contributed by atoms with Gasteiger partial charge in [-0.05, 0) is 12.1 Å². The molecule has 2 heterocycles. The van der Waals surface area contributed by atoms with Crippen LogP contribution in [-0.4, -0.2) is 61.6 Å². The van der Waals surface area contributed by atoms with Crippen molar-refractivity contribution in [3.05, 3.63) is 36.0 Å². The van der Waals surface area contributed by atoms with E-state index in [1.54, 1.807) is 13.2 Å². The van der Waals surface area contributed by atoms with E-state index >= 15 is 0 Å². The molecule has 3 rings (SSSR count). The van der Waals surface area contributed by atoms with Crippen molar-refractivity contribution in [1.29, 1.82) is 0 Å². The van der Waals surface area contributed by atoms with Gasteiger partial charge in [0.1, 0.15) is 11.7 Å². The summed E-state index contributed by atoms with van der Waals surface area (Å²) in [5.41, 5.74) is 7.40. The standard InChI is InChI=1S/C18H22N4O3/c1-21(2)15-9-14(20-13-7-5-4-6-12(13)15)18(24)22-10-11(25-3)8-16(22)17(19)23/h4-7,9,11,16H,8,10H2,1-3H3,(H2,19,23)/t11-,16-/m0/s1. The lowest BCUT2D eigenvalue weighted by Crippen LogP contribution is -2.44. The molecule has 7 heteroatoms. The highest BCUT2D eigenvalue weighted by Gasteiger charge is 2.39. The smallest absolute Gasteiger partial charge is 0.273 e. The first kappa shape index (κ1) is 17.2. The summed E-state index contributed by atoms with van der Waals surface area (Å²) < 4.78 is 5.31. The number of ether oxygens (including phenoxy) is 1. The normalized spacial score (nSPS) is 20.0. The predicted molar refractivity (Wildman–Crippen MR) is 95.5 cm³/mol. The van der Waals surface area contributed by atoms with Crippen LogP contribution in [0.2, 0.25) is 0 Å². The fourth-order valence-corrected chi connectivity index (χ4v) is 3.25. The molecule has 2 amide bonds. The maximum atomic E-state index is 13.0. The van der Waals surface area contributed by atoms with Crippen LogP contribution in [0.5, 0.6) is 0 Å². The van der Waals surface area contributed by atoms with E-state index in [2.05, 4.69) is 4.98 Å². The molecule has 0 saturated carbocycles. The Kier molecular flexibility index (Phi) is 4.59. The summed E-state index contributed by atoms with van der Waals surface area (Å²) >= 11 is 0. The topological polar surface area (TPSA) is 88.8 Å². The number of aromatic nitrogens is 1. The minimum Gasteiger partial charge on any atom is -0.380 e. The third kappa shape index (κ3) is 3.15. The number of methoxy groups -OCH3 is 1. The third-order valence-corrected chi connectivity index (χ3v) is 4.58. The Bertz CT molecular complexity index is 821. The average Bonchev–Trinajstić information content (AvgIpc) is 3.04. The van der Waals surface area contributed by atoms with Crippen molar-refractivity contribution in [1.82, 2.24) is 9.88 Å². The minimum atomic E-state index is -0.673.